The summed E-state index contributed by atoms with van der Waals surface area (Å²) in [6.07, 6.45) is 3.04. The number of rotatable bonds is 2. The number of phenols is 1. The third kappa shape index (κ3) is 2.35. The molecule has 0 saturated heterocycles. The van der Waals surface area contributed by atoms with E-state index in [1.54, 1.807) is 6.20 Å². The van der Waals surface area contributed by atoms with Gasteiger partial charge in [0, 0.05) is 23.9 Å². The molecule has 0 radical (unpaired) electrons. The van der Waals surface area contributed by atoms with Gasteiger partial charge < -0.3 is 10.4 Å². The minimum absolute atomic E-state index is 0.0110. The van der Waals surface area contributed by atoms with Gasteiger partial charge in [0.15, 0.2) is 5.96 Å². The van der Waals surface area contributed by atoms with Crippen LogP contribution in [0.3, 0.4) is 0 Å². The quantitative estimate of drug-likeness (QED) is 0.636. The average molecular weight is 296 g/mol. The summed E-state index contributed by atoms with van der Waals surface area (Å²) in [6, 6.07) is 4.80. The zero-order valence-electron chi connectivity index (χ0n) is 11.4. The highest BCUT2D eigenvalue weighted by atomic mass is 16.3. The molecule has 22 heavy (non-hydrogen) atoms. The summed E-state index contributed by atoms with van der Waals surface area (Å²) in [7, 11) is 0. The number of aromatic nitrogens is 2. The van der Waals surface area contributed by atoms with Crippen LogP contribution in [-0.4, -0.2) is 40.3 Å². The Morgan fingerprint density at radius 3 is 2.95 bits per heavy atom. The number of carbonyl (C=O) groups excluding carboxylic acids is 1. The van der Waals surface area contributed by atoms with Crippen molar-refractivity contribution >= 4 is 11.9 Å². The first-order valence-electron chi connectivity index (χ1n) is 6.55. The van der Waals surface area contributed by atoms with Gasteiger partial charge in [-0.1, -0.05) is 0 Å². The summed E-state index contributed by atoms with van der Waals surface area (Å²) >= 11 is 0. The molecule has 2 aromatic rings. The van der Waals surface area contributed by atoms with Crippen LogP contribution >= 0.6 is 0 Å². The number of nitrogens with one attached hydrogen (secondary N) is 3. The lowest BCUT2D eigenvalue weighted by molar-refractivity contribution is 0.0974. The van der Waals surface area contributed by atoms with Gasteiger partial charge in [-0.3, -0.25) is 20.2 Å². The van der Waals surface area contributed by atoms with Crippen molar-refractivity contribution in [1.29, 1.82) is 5.26 Å². The largest absolute Gasteiger partial charge is 0.507 e. The number of carbonyl (C=O) groups is 1. The first kappa shape index (κ1) is 13.6. The molecule has 0 unspecified atom stereocenters. The Morgan fingerprint density at radius 1 is 1.45 bits per heavy atom. The average Bonchev–Trinajstić information content (AvgIpc) is 3.20. The third-order valence-corrected chi connectivity index (χ3v) is 3.22. The van der Waals surface area contributed by atoms with E-state index in [9.17, 15) is 15.2 Å². The lowest BCUT2D eigenvalue weighted by atomic mass is 9.95. The molecule has 1 aliphatic heterocycles. The maximum absolute atomic E-state index is 12.5. The van der Waals surface area contributed by atoms with Crippen LogP contribution < -0.4 is 10.6 Å². The monoisotopic (exact) mass is 296 g/mol. The van der Waals surface area contributed by atoms with Crippen LogP contribution in [0, 0.1) is 11.3 Å². The summed E-state index contributed by atoms with van der Waals surface area (Å²) in [6.45, 7) is 1.23. The zero-order valence-corrected chi connectivity index (χ0v) is 11.4. The Kier molecular flexibility index (Phi) is 3.45. The van der Waals surface area contributed by atoms with Crippen molar-refractivity contribution in [3.63, 3.8) is 0 Å². The highest BCUT2D eigenvalue weighted by Crippen LogP contribution is 2.32. The molecule has 8 heteroatoms. The van der Waals surface area contributed by atoms with Gasteiger partial charge in [-0.2, -0.15) is 10.4 Å². The molecule has 0 aliphatic carbocycles. The van der Waals surface area contributed by atoms with Gasteiger partial charge in [-0.05, 0) is 12.1 Å². The fraction of sp³-hybridized carbons (Fsp3) is 0.143. The number of hydrogen-bond acceptors (Lipinski definition) is 6. The van der Waals surface area contributed by atoms with Crippen molar-refractivity contribution in [2.24, 2.45) is 4.99 Å². The Bertz CT molecular complexity index is 788. The minimum Gasteiger partial charge on any atom is -0.507 e. The van der Waals surface area contributed by atoms with Crippen LogP contribution in [0.2, 0.25) is 0 Å². The zero-order chi connectivity index (χ0) is 15.5. The van der Waals surface area contributed by atoms with Crippen molar-refractivity contribution in [2.45, 2.75) is 0 Å². The van der Waals surface area contributed by atoms with Crippen molar-refractivity contribution in [1.82, 2.24) is 20.8 Å². The van der Waals surface area contributed by atoms with E-state index in [1.807, 2.05) is 6.07 Å². The second-order valence-electron chi connectivity index (χ2n) is 4.59. The Morgan fingerprint density at radius 2 is 2.32 bits per heavy atom. The van der Waals surface area contributed by atoms with Crippen LogP contribution in [0.25, 0.3) is 11.1 Å². The molecule has 3 rings (SSSR count). The second-order valence-corrected chi connectivity index (χ2v) is 4.59. The highest BCUT2D eigenvalue weighted by molar-refractivity contribution is 6.11. The molecule has 0 fully saturated rings. The smallest absolute Gasteiger partial charge is 0.262 e. The summed E-state index contributed by atoms with van der Waals surface area (Å²) in [5.74, 6) is -0.407. The highest BCUT2D eigenvalue weighted by Gasteiger charge is 2.23. The third-order valence-electron chi connectivity index (χ3n) is 3.22. The van der Waals surface area contributed by atoms with Crippen molar-refractivity contribution in [3.8, 4) is 22.9 Å². The SMILES string of the molecule is N#Cc1ccc(O)c(C(=O)NC2=NCCN2)c1-c1cn[nH]c1. The number of nitriles is 1. The summed E-state index contributed by atoms with van der Waals surface area (Å²) in [5.41, 5.74) is 1.15. The molecule has 8 nitrogen and oxygen atoms in total. The van der Waals surface area contributed by atoms with E-state index in [0.717, 1.165) is 0 Å². The van der Waals surface area contributed by atoms with Crippen LogP contribution in [0.4, 0.5) is 0 Å². The first-order chi connectivity index (χ1) is 10.7. The number of aliphatic imine (C=N–C) groups is 1. The Labute approximate surface area is 125 Å². The number of amides is 1. The summed E-state index contributed by atoms with van der Waals surface area (Å²) in [4.78, 5) is 16.5. The van der Waals surface area contributed by atoms with E-state index in [-0.39, 0.29) is 16.9 Å². The van der Waals surface area contributed by atoms with Crippen molar-refractivity contribution in [2.75, 3.05) is 13.1 Å². The number of aromatic hydroxyl groups is 1. The lowest BCUT2D eigenvalue weighted by Crippen LogP contribution is -2.38. The predicted octanol–water partition coefficient (Wildman–Crippen LogP) is 0.343. The van der Waals surface area contributed by atoms with Gasteiger partial charge in [-0.15, -0.1) is 0 Å². The molecule has 0 bridgehead atoms. The predicted molar refractivity (Wildman–Crippen MR) is 78.2 cm³/mol. The van der Waals surface area contributed by atoms with Crippen molar-refractivity contribution < 1.29 is 9.90 Å². The topological polar surface area (TPSA) is 126 Å². The van der Waals surface area contributed by atoms with Gasteiger partial charge in [0.2, 0.25) is 0 Å². The molecule has 110 valence electrons. The fourth-order valence-electron chi connectivity index (χ4n) is 2.25. The van der Waals surface area contributed by atoms with Gasteiger partial charge in [-0.25, -0.2) is 0 Å². The number of benzene rings is 1. The van der Waals surface area contributed by atoms with E-state index < -0.39 is 5.91 Å². The van der Waals surface area contributed by atoms with E-state index >= 15 is 0 Å². The maximum atomic E-state index is 12.5. The van der Waals surface area contributed by atoms with E-state index in [1.165, 1.54) is 18.3 Å². The van der Waals surface area contributed by atoms with Crippen molar-refractivity contribution in [3.05, 3.63) is 35.7 Å². The minimum atomic E-state index is -0.543. The lowest BCUT2D eigenvalue weighted by Gasteiger charge is -2.12. The van der Waals surface area contributed by atoms with E-state index in [2.05, 4.69) is 25.8 Å². The molecule has 1 aromatic carbocycles. The van der Waals surface area contributed by atoms with Gasteiger partial charge in [0.25, 0.3) is 5.91 Å². The molecule has 0 spiro atoms. The molecule has 1 aromatic heterocycles. The fourth-order valence-corrected chi connectivity index (χ4v) is 2.25. The summed E-state index contributed by atoms with van der Waals surface area (Å²) < 4.78 is 0. The molecular weight excluding hydrogens is 284 g/mol. The molecule has 0 atom stereocenters. The first-order valence-corrected chi connectivity index (χ1v) is 6.55. The van der Waals surface area contributed by atoms with Gasteiger partial charge in [0.1, 0.15) is 5.75 Å². The summed E-state index contributed by atoms with van der Waals surface area (Å²) in [5, 5.41) is 31.3. The Balaban J connectivity index is 2.09. The van der Waals surface area contributed by atoms with E-state index in [0.29, 0.717) is 30.2 Å². The number of guanidine groups is 1. The number of phenolic OH excluding ortho intramolecular Hbond substituents is 1. The van der Waals surface area contributed by atoms with E-state index in [4.69, 9.17) is 0 Å². The van der Waals surface area contributed by atoms with Gasteiger partial charge in [0.05, 0.1) is 29.9 Å². The van der Waals surface area contributed by atoms with Crippen LogP contribution in [0.15, 0.2) is 29.5 Å². The Hall–Kier alpha value is -3.34. The van der Waals surface area contributed by atoms with Crippen LogP contribution in [0.1, 0.15) is 15.9 Å². The molecule has 1 amide bonds. The maximum Gasteiger partial charge on any atom is 0.262 e. The van der Waals surface area contributed by atoms with Crippen LogP contribution in [-0.2, 0) is 0 Å². The number of nitrogens with zero attached hydrogens (tertiary/aromatic N) is 3. The molecule has 4 N–H and O–H groups in total. The molecule has 1 aliphatic rings. The standard InChI is InChI=1S/C14H12N6O2/c15-5-8-1-2-10(21)12(11(8)9-6-18-19-7-9)13(22)20-14-16-3-4-17-14/h1-2,6-7,21H,3-4H2,(H,18,19)(H2,16,17,20,22). The number of H-pyrrole nitrogens is 1. The molecule has 0 saturated carbocycles. The molecule has 2 heterocycles. The van der Waals surface area contributed by atoms with Crippen LogP contribution in [0.5, 0.6) is 5.75 Å². The normalized spacial score (nSPS) is 13.1. The number of aromatic amines is 1. The van der Waals surface area contributed by atoms with Gasteiger partial charge >= 0.3 is 0 Å². The molecular formula is C14H12N6O2. The second kappa shape index (κ2) is 5.57. The number of hydrogen-bond donors (Lipinski definition) is 4.